The van der Waals surface area contributed by atoms with Crippen LogP contribution in [0.25, 0.3) is 5.69 Å². The van der Waals surface area contributed by atoms with Crippen LogP contribution in [-0.2, 0) is 11.2 Å². The quantitative estimate of drug-likeness (QED) is 0.645. The summed E-state index contributed by atoms with van der Waals surface area (Å²) in [7, 11) is 0. The van der Waals surface area contributed by atoms with Crippen molar-refractivity contribution in [1.82, 2.24) is 14.8 Å². The Bertz CT molecular complexity index is 1040. The minimum absolute atomic E-state index is 0.101. The maximum absolute atomic E-state index is 12.6. The van der Waals surface area contributed by atoms with Gasteiger partial charge in [0.25, 0.3) is 5.91 Å². The van der Waals surface area contributed by atoms with Crippen LogP contribution in [0.3, 0.4) is 0 Å². The molecule has 0 spiro atoms. The molecule has 3 aromatic rings. The molecule has 0 unspecified atom stereocenters. The van der Waals surface area contributed by atoms with Gasteiger partial charge >= 0.3 is 5.69 Å². The van der Waals surface area contributed by atoms with Gasteiger partial charge in [0.15, 0.2) is 0 Å². The Hall–Kier alpha value is -3.68. The van der Waals surface area contributed by atoms with Crippen molar-refractivity contribution in [3.63, 3.8) is 0 Å². The molecule has 0 bridgehead atoms. The topological polar surface area (TPSA) is 109 Å². The van der Waals surface area contributed by atoms with Crippen LogP contribution in [-0.4, -0.2) is 26.6 Å². The monoisotopic (exact) mass is 365 g/mol. The normalized spacial score (nSPS) is 10.4. The van der Waals surface area contributed by atoms with E-state index < -0.39 is 11.6 Å². The van der Waals surface area contributed by atoms with Crippen molar-refractivity contribution in [2.45, 2.75) is 20.3 Å². The molecular weight excluding hydrogens is 346 g/mol. The smallest absolute Gasteiger partial charge is 0.326 e. The molecule has 0 saturated carbocycles. The summed E-state index contributed by atoms with van der Waals surface area (Å²) in [5.74, 6) is -0.852. The third kappa shape index (κ3) is 4.12. The van der Waals surface area contributed by atoms with Crippen molar-refractivity contribution in [3.05, 3.63) is 70.4 Å². The summed E-state index contributed by atoms with van der Waals surface area (Å²) in [5.41, 5.74) is 2.05. The van der Waals surface area contributed by atoms with Crippen molar-refractivity contribution >= 4 is 23.2 Å². The van der Waals surface area contributed by atoms with Gasteiger partial charge in [0.1, 0.15) is 0 Å². The van der Waals surface area contributed by atoms with E-state index in [9.17, 15) is 14.4 Å². The molecule has 0 fully saturated rings. The van der Waals surface area contributed by atoms with Gasteiger partial charge in [-0.15, -0.1) is 5.10 Å². The van der Waals surface area contributed by atoms with Gasteiger partial charge in [-0.2, -0.15) is 4.68 Å². The van der Waals surface area contributed by atoms with E-state index in [1.165, 1.54) is 6.92 Å². The van der Waals surface area contributed by atoms with Crippen LogP contribution in [0.2, 0.25) is 0 Å². The zero-order chi connectivity index (χ0) is 19.4. The second-order valence-electron chi connectivity index (χ2n) is 5.89. The summed E-state index contributed by atoms with van der Waals surface area (Å²) in [4.78, 5) is 38.4. The number of aromatic amines is 1. The average molecular weight is 365 g/mol. The summed E-state index contributed by atoms with van der Waals surface area (Å²) in [6.45, 7) is 3.36. The van der Waals surface area contributed by atoms with E-state index in [4.69, 9.17) is 0 Å². The number of carbonyl (C=O) groups excluding carboxylic acids is 2. The van der Waals surface area contributed by atoms with Crippen molar-refractivity contribution < 1.29 is 9.59 Å². The van der Waals surface area contributed by atoms with Crippen molar-refractivity contribution in [3.8, 4) is 5.69 Å². The van der Waals surface area contributed by atoms with Crippen LogP contribution in [0.4, 0.5) is 11.4 Å². The number of hydrogen-bond acceptors (Lipinski definition) is 4. The molecule has 27 heavy (non-hydrogen) atoms. The molecule has 0 atom stereocenters. The third-order valence-corrected chi connectivity index (χ3v) is 3.89. The van der Waals surface area contributed by atoms with E-state index in [2.05, 4.69) is 20.7 Å². The fraction of sp³-hybridized carbons (Fsp3) is 0.158. The molecule has 1 heterocycles. The highest BCUT2D eigenvalue weighted by atomic mass is 16.2. The SMILES string of the molecule is CCc1ccc(NC(C)=O)cc1NC(=O)c1nn(-c2ccccc2)c(=O)[nH]1. The van der Waals surface area contributed by atoms with Gasteiger partial charge in [-0.05, 0) is 36.2 Å². The van der Waals surface area contributed by atoms with Gasteiger partial charge in [0, 0.05) is 18.3 Å². The first-order valence-electron chi connectivity index (χ1n) is 8.44. The lowest BCUT2D eigenvalue weighted by Gasteiger charge is -2.11. The predicted octanol–water partition coefficient (Wildman–Crippen LogP) is 2.33. The summed E-state index contributed by atoms with van der Waals surface area (Å²) >= 11 is 0. The molecule has 1 aromatic heterocycles. The Morgan fingerprint density at radius 1 is 1.11 bits per heavy atom. The highest BCUT2D eigenvalue weighted by molar-refractivity contribution is 6.02. The van der Waals surface area contributed by atoms with E-state index in [1.54, 1.807) is 36.4 Å². The van der Waals surface area contributed by atoms with Crippen LogP contribution in [0.15, 0.2) is 53.3 Å². The van der Waals surface area contributed by atoms with Gasteiger partial charge in [0.2, 0.25) is 11.7 Å². The molecule has 8 heteroatoms. The van der Waals surface area contributed by atoms with E-state index >= 15 is 0 Å². The third-order valence-electron chi connectivity index (χ3n) is 3.89. The number of para-hydroxylation sites is 1. The number of rotatable bonds is 5. The molecule has 0 aliphatic rings. The largest absolute Gasteiger partial charge is 0.348 e. The Balaban J connectivity index is 1.88. The Morgan fingerprint density at radius 2 is 1.85 bits per heavy atom. The molecule has 0 saturated heterocycles. The number of nitrogens with one attached hydrogen (secondary N) is 3. The number of benzene rings is 2. The van der Waals surface area contributed by atoms with Crippen LogP contribution < -0.4 is 16.3 Å². The highest BCUT2D eigenvalue weighted by Gasteiger charge is 2.16. The number of hydrogen-bond donors (Lipinski definition) is 3. The number of carbonyl (C=O) groups is 2. The van der Waals surface area contributed by atoms with Crippen molar-refractivity contribution in [1.29, 1.82) is 0 Å². The molecule has 8 nitrogen and oxygen atoms in total. The van der Waals surface area contributed by atoms with E-state index in [-0.39, 0.29) is 11.7 Å². The van der Waals surface area contributed by atoms with Crippen molar-refractivity contribution in [2.24, 2.45) is 0 Å². The van der Waals surface area contributed by atoms with E-state index in [0.717, 1.165) is 10.2 Å². The van der Waals surface area contributed by atoms with Gasteiger partial charge < -0.3 is 10.6 Å². The second-order valence-corrected chi connectivity index (χ2v) is 5.89. The number of aromatic nitrogens is 3. The van der Waals surface area contributed by atoms with Gasteiger partial charge in [-0.3, -0.25) is 14.6 Å². The molecule has 3 N–H and O–H groups in total. The summed E-state index contributed by atoms with van der Waals surface area (Å²) in [6, 6.07) is 14.1. The predicted molar refractivity (Wildman–Crippen MR) is 102 cm³/mol. The molecule has 0 aliphatic heterocycles. The highest BCUT2D eigenvalue weighted by Crippen LogP contribution is 2.22. The first-order chi connectivity index (χ1) is 13.0. The lowest BCUT2D eigenvalue weighted by molar-refractivity contribution is -0.114. The molecule has 0 aliphatic carbocycles. The zero-order valence-corrected chi connectivity index (χ0v) is 14.9. The molecule has 0 radical (unpaired) electrons. The molecular formula is C19H19N5O3. The Labute approximate surface area is 155 Å². The first kappa shape index (κ1) is 18.1. The number of amides is 2. The standard InChI is InChI=1S/C19H19N5O3/c1-3-13-9-10-14(20-12(2)25)11-16(13)21-18(26)17-22-19(27)24(23-17)15-7-5-4-6-8-15/h4-11H,3H2,1-2H3,(H,20,25)(H,21,26)(H,22,23,27). The fourth-order valence-electron chi connectivity index (χ4n) is 2.63. The fourth-order valence-corrected chi connectivity index (χ4v) is 2.63. The van der Waals surface area contributed by atoms with Crippen molar-refractivity contribution in [2.75, 3.05) is 10.6 Å². The van der Waals surface area contributed by atoms with Gasteiger partial charge in [0.05, 0.1) is 5.69 Å². The Kier molecular flexibility index (Phi) is 5.16. The molecule has 2 amide bonds. The van der Waals surface area contributed by atoms with Crippen LogP contribution >= 0.6 is 0 Å². The van der Waals surface area contributed by atoms with Gasteiger partial charge in [-0.1, -0.05) is 31.2 Å². The zero-order valence-electron chi connectivity index (χ0n) is 14.9. The van der Waals surface area contributed by atoms with Gasteiger partial charge in [-0.25, -0.2) is 4.79 Å². The maximum atomic E-state index is 12.6. The molecule has 138 valence electrons. The maximum Gasteiger partial charge on any atom is 0.348 e. The van der Waals surface area contributed by atoms with Crippen LogP contribution in [0, 0.1) is 0 Å². The van der Waals surface area contributed by atoms with E-state index in [0.29, 0.717) is 23.5 Å². The van der Waals surface area contributed by atoms with Crippen LogP contribution in [0.1, 0.15) is 30.0 Å². The molecule has 3 rings (SSSR count). The first-order valence-corrected chi connectivity index (χ1v) is 8.44. The number of H-pyrrole nitrogens is 1. The number of anilines is 2. The Morgan fingerprint density at radius 3 is 2.52 bits per heavy atom. The number of aryl methyl sites for hydroxylation is 1. The average Bonchev–Trinajstić information content (AvgIpc) is 3.04. The summed E-state index contributed by atoms with van der Waals surface area (Å²) in [5, 5.41) is 9.49. The molecule has 2 aromatic carbocycles. The van der Waals surface area contributed by atoms with E-state index in [1.807, 2.05) is 19.1 Å². The second kappa shape index (κ2) is 7.69. The summed E-state index contributed by atoms with van der Waals surface area (Å²) in [6.07, 6.45) is 0.685. The minimum Gasteiger partial charge on any atom is -0.326 e. The number of nitrogens with zero attached hydrogens (tertiary/aromatic N) is 2. The lowest BCUT2D eigenvalue weighted by Crippen LogP contribution is -2.16. The lowest BCUT2D eigenvalue weighted by atomic mass is 10.1. The van der Waals surface area contributed by atoms with Crippen LogP contribution in [0.5, 0.6) is 0 Å². The minimum atomic E-state index is -0.545. The summed E-state index contributed by atoms with van der Waals surface area (Å²) < 4.78 is 1.13.